The molecule has 4 heteroatoms. The van der Waals surface area contributed by atoms with Crippen molar-refractivity contribution >= 4 is 5.91 Å². The lowest BCUT2D eigenvalue weighted by molar-refractivity contribution is 0.0954. The van der Waals surface area contributed by atoms with Crippen molar-refractivity contribution in [1.29, 1.82) is 0 Å². The van der Waals surface area contributed by atoms with Gasteiger partial charge in [-0.25, -0.2) is 0 Å². The van der Waals surface area contributed by atoms with Crippen LogP contribution >= 0.6 is 0 Å². The molecular weight excluding hydrogens is 348 g/mol. The van der Waals surface area contributed by atoms with Crippen LogP contribution in [0.25, 0.3) is 0 Å². The first kappa shape index (κ1) is 21.9. The molecule has 0 aliphatic carbocycles. The maximum Gasteiger partial charge on any atom is 0.251 e. The molecule has 0 aliphatic rings. The number of hydrogen-bond acceptors (Lipinski definition) is 3. The van der Waals surface area contributed by atoms with Crippen LogP contribution in [0.15, 0.2) is 42.7 Å². The van der Waals surface area contributed by atoms with Gasteiger partial charge in [-0.2, -0.15) is 0 Å². The minimum Gasteiger partial charge on any atom is -0.496 e. The number of pyridine rings is 1. The minimum absolute atomic E-state index is 0.0353. The van der Waals surface area contributed by atoms with Gasteiger partial charge in [0.2, 0.25) is 0 Å². The molecule has 0 saturated heterocycles. The summed E-state index contributed by atoms with van der Waals surface area (Å²) in [6, 6.07) is 9.70. The zero-order chi connectivity index (χ0) is 20.4. The Balaban J connectivity index is 2.04. The predicted molar refractivity (Wildman–Crippen MR) is 115 cm³/mol. The van der Waals surface area contributed by atoms with E-state index in [0.717, 1.165) is 24.2 Å². The Morgan fingerprint density at radius 2 is 1.86 bits per heavy atom. The number of rotatable bonds is 11. The number of carbonyl (C=O) groups is 1. The van der Waals surface area contributed by atoms with Crippen LogP contribution in [0.1, 0.15) is 74.4 Å². The molecule has 1 aromatic carbocycles. The molecule has 4 nitrogen and oxygen atoms in total. The minimum atomic E-state index is -0.0419. The number of hydrogen-bond donors (Lipinski definition) is 1. The molecule has 1 aromatic heterocycles. The van der Waals surface area contributed by atoms with Gasteiger partial charge in [0.1, 0.15) is 5.75 Å². The van der Waals surface area contributed by atoms with Crippen LogP contribution in [0.5, 0.6) is 5.75 Å². The normalized spacial score (nSPS) is 11.3. The lowest BCUT2D eigenvalue weighted by atomic mass is 9.78. The molecule has 0 bridgehead atoms. The van der Waals surface area contributed by atoms with Gasteiger partial charge in [0.15, 0.2) is 0 Å². The van der Waals surface area contributed by atoms with Crippen molar-refractivity contribution in [2.45, 2.75) is 64.7 Å². The van der Waals surface area contributed by atoms with Crippen LogP contribution in [-0.2, 0) is 11.8 Å². The van der Waals surface area contributed by atoms with E-state index in [4.69, 9.17) is 4.74 Å². The SMILES string of the molecule is CCCCCCC(C)(C)c1cc(C(=O)NCCc2ccncc2)ccc1OC. The summed E-state index contributed by atoms with van der Waals surface area (Å²) in [5.74, 6) is 0.813. The molecular formula is C24H34N2O2. The second-order valence-corrected chi connectivity index (χ2v) is 7.97. The highest BCUT2D eigenvalue weighted by Crippen LogP contribution is 2.36. The molecule has 1 heterocycles. The van der Waals surface area contributed by atoms with Crippen molar-refractivity contribution in [1.82, 2.24) is 10.3 Å². The summed E-state index contributed by atoms with van der Waals surface area (Å²) < 4.78 is 5.60. The first-order valence-electron chi connectivity index (χ1n) is 10.3. The van der Waals surface area contributed by atoms with E-state index >= 15 is 0 Å². The maximum atomic E-state index is 12.6. The Morgan fingerprint density at radius 1 is 1.11 bits per heavy atom. The lowest BCUT2D eigenvalue weighted by Gasteiger charge is -2.28. The second kappa shape index (κ2) is 10.8. The smallest absolute Gasteiger partial charge is 0.251 e. The van der Waals surface area contributed by atoms with Gasteiger partial charge in [0.25, 0.3) is 5.91 Å². The van der Waals surface area contributed by atoms with Crippen LogP contribution in [0.4, 0.5) is 0 Å². The molecule has 2 aromatic rings. The summed E-state index contributed by atoms with van der Waals surface area (Å²) in [7, 11) is 1.69. The highest BCUT2D eigenvalue weighted by atomic mass is 16.5. The zero-order valence-corrected chi connectivity index (χ0v) is 17.8. The third-order valence-electron chi connectivity index (χ3n) is 5.29. The predicted octanol–water partition coefficient (Wildman–Crippen LogP) is 5.31. The molecule has 2 rings (SSSR count). The lowest BCUT2D eigenvalue weighted by Crippen LogP contribution is -2.26. The fourth-order valence-electron chi connectivity index (χ4n) is 3.48. The monoisotopic (exact) mass is 382 g/mol. The summed E-state index contributed by atoms with van der Waals surface area (Å²) in [6.07, 6.45) is 10.4. The van der Waals surface area contributed by atoms with Crippen molar-refractivity contribution in [2.24, 2.45) is 0 Å². The van der Waals surface area contributed by atoms with Gasteiger partial charge in [-0.3, -0.25) is 9.78 Å². The largest absolute Gasteiger partial charge is 0.496 e. The zero-order valence-electron chi connectivity index (χ0n) is 17.8. The van der Waals surface area contributed by atoms with E-state index in [1.165, 1.54) is 31.2 Å². The number of nitrogens with one attached hydrogen (secondary N) is 1. The quantitative estimate of drug-likeness (QED) is 0.536. The summed E-state index contributed by atoms with van der Waals surface area (Å²) >= 11 is 0. The van der Waals surface area contributed by atoms with E-state index in [1.807, 2.05) is 30.3 Å². The van der Waals surface area contributed by atoms with Crippen LogP contribution in [0.2, 0.25) is 0 Å². The van der Waals surface area contributed by atoms with E-state index in [0.29, 0.717) is 12.1 Å². The van der Waals surface area contributed by atoms with Gasteiger partial charge < -0.3 is 10.1 Å². The van der Waals surface area contributed by atoms with E-state index < -0.39 is 0 Å². The Bertz CT molecular complexity index is 742. The molecule has 0 saturated carbocycles. The summed E-state index contributed by atoms with van der Waals surface area (Å²) in [4.78, 5) is 16.7. The Kier molecular flexibility index (Phi) is 8.49. The van der Waals surface area contributed by atoms with Crippen LogP contribution < -0.4 is 10.1 Å². The van der Waals surface area contributed by atoms with Crippen LogP contribution in [-0.4, -0.2) is 24.5 Å². The fourth-order valence-corrected chi connectivity index (χ4v) is 3.48. The van der Waals surface area contributed by atoms with Gasteiger partial charge in [-0.1, -0.05) is 46.5 Å². The topological polar surface area (TPSA) is 51.2 Å². The average Bonchev–Trinajstić information content (AvgIpc) is 2.71. The molecule has 0 aliphatic heterocycles. The van der Waals surface area contributed by atoms with E-state index in [2.05, 4.69) is 31.1 Å². The summed E-state index contributed by atoms with van der Waals surface area (Å²) in [6.45, 7) is 7.30. The van der Waals surface area contributed by atoms with Crippen molar-refractivity contribution in [3.8, 4) is 5.75 Å². The van der Waals surface area contributed by atoms with E-state index in [1.54, 1.807) is 19.5 Å². The Morgan fingerprint density at radius 3 is 2.54 bits per heavy atom. The average molecular weight is 383 g/mol. The molecule has 152 valence electrons. The number of unbranched alkanes of at least 4 members (excludes halogenated alkanes) is 3. The first-order chi connectivity index (χ1) is 13.5. The molecule has 1 amide bonds. The standard InChI is InChI=1S/C24H34N2O2/c1-5-6-7-8-14-24(2,3)21-18-20(9-10-22(21)28-4)23(27)26-17-13-19-11-15-25-16-12-19/h9-12,15-16,18H,5-8,13-14,17H2,1-4H3,(H,26,27). The van der Waals surface area contributed by atoms with E-state index in [-0.39, 0.29) is 11.3 Å². The van der Waals surface area contributed by atoms with Gasteiger partial charge in [-0.05, 0) is 54.2 Å². The summed E-state index contributed by atoms with van der Waals surface area (Å²) in [5, 5.41) is 3.02. The molecule has 0 unspecified atom stereocenters. The maximum absolute atomic E-state index is 12.6. The van der Waals surface area contributed by atoms with Crippen molar-refractivity contribution in [3.05, 3.63) is 59.4 Å². The molecule has 0 radical (unpaired) electrons. The van der Waals surface area contributed by atoms with E-state index in [9.17, 15) is 4.79 Å². The van der Waals surface area contributed by atoms with Crippen molar-refractivity contribution < 1.29 is 9.53 Å². The van der Waals surface area contributed by atoms with Gasteiger partial charge in [0.05, 0.1) is 7.11 Å². The number of ether oxygens (including phenoxy) is 1. The number of aromatic nitrogens is 1. The summed E-state index contributed by atoms with van der Waals surface area (Å²) in [5.41, 5.74) is 2.92. The van der Waals surface area contributed by atoms with Crippen LogP contribution in [0, 0.1) is 0 Å². The molecule has 0 spiro atoms. The highest BCUT2D eigenvalue weighted by Gasteiger charge is 2.25. The Hall–Kier alpha value is -2.36. The van der Waals surface area contributed by atoms with Gasteiger partial charge >= 0.3 is 0 Å². The van der Waals surface area contributed by atoms with Crippen molar-refractivity contribution in [3.63, 3.8) is 0 Å². The van der Waals surface area contributed by atoms with Gasteiger partial charge in [-0.15, -0.1) is 0 Å². The van der Waals surface area contributed by atoms with Crippen molar-refractivity contribution in [2.75, 3.05) is 13.7 Å². The number of nitrogens with zero attached hydrogens (tertiary/aromatic N) is 1. The second-order valence-electron chi connectivity index (χ2n) is 7.97. The molecule has 0 atom stereocenters. The number of amides is 1. The molecule has 0 fully saturated rings. The number of methoxy groups -OCH3 is 1. The molecule has 28 heavy (non-hydrogen) atoms. The first-order valence-corrected chi connectivity index (χ1v) is 10.3. The number of carbonyl (C=O) groups excluding carboxylic acids is 1. The van der Waals surface area contributed by atoms with Gasteiger partial charge in [0, 0.05) is 30.1 Å². The number of benzene rings is 1. The highest BCUT2D eigenvalue weighted by molar-refractivity contribution is 5.94. The fraction of sp³-hybridized carbons (Fsp3) is 0.500. The third-order valence-corrected chi connectivity index (χ3v) is 5.29. The Labute approximate surface area is 169 Å². The molecule has 1 N–H and O–H groups in total. The van der Waals surface area contributed by atoms with Crippen LogP contribution in [0.3, 0.4) is 0 Å². The third kappa shape index (κ3) is 6.36.